The van der Waals surface area contributed by atoms with Crippen molar-refractivity contribution in [1.29, 1.82) is 0 Å². The predicted molar refractivity (Wildman–Crippen MR) is 96.7 cm³/mol. The number of hydrogen-bond donors (Lipinski definition) is 0. The average Bonchev–Trinajstić information content (AvgIpc) is 3.32. The van der Waals surface area contributed by atoms with Crippen LogP contribution in [0.4, 0.5) is 0 Å². The van der Waals surface area contributed by atoms with E-state index in [-0.39, 0.29) is 5.60 Å². The molecule has 5 unspecified atom stereocenters. The molecule has 4 nitrogen and oxygen atoms in total. The number of hydrogen-bond acceptors (Lipinski definition) is 4. The van der Waals surface area contributed by atoms with E-state index in [1.54, 1.807) is 0 Å². The smallest absolute Gasteiger partial charge is 0.0739 e. The average molecular weight is 353 g/mol. The molecule has 4 aliphatic rings. The highest BCUT2D eigenvalue weighted by Gasteiger charge is 2.46. The van der Waals surface area contributed by atoms with Crippen LogP contribution in [0.2, 0.25) is 0 Å². The molecule has 25 heavy (non-hydrogen) atoms. The van der Waals surface area contributed by atoms with Crippen molar-refractivity contribution < 1.29 is 18.9 Å². The van der Waals surface area contributed by atoms with Crippen molar-refractivity contribution in [3.8, 4) is 0 Å². The second-order valence-electron chi connectivity index (χ2n) is 8.75. The molecule has 4 aliphatic heterocycles. The van der Waals surface area contributed by atoms with Crippen LogP contribution in [0.3, 0.4) is 0 Å². The lowest BCUT2D eigenvalue weighted by atomic mass is 9.70. The lowest BCUT2D eigenvalue weighted by Crippen LogP contribution is -2.50. The van der Waals surface area contributed by atoms with Crippen LogP contribution in [0.1, 0.15) is 70.6 Å². The minimum absolute atomic E-state index is 0.00935. The summed E-state index contributed by atoms with van der Waals surface area (Å²) in [4.78, 5) is 0. The maximum atomic E-state index is 6.66. The van der Waals surface area contributed by atoms with Gasteiger partial charge in [-0.1, -0.05) is 0 Å². The van der Waals surface area contributed by atoms with Crippen molar-refractivity contribution >= 4 is 0 Å². The lowest BCUT2D eigenvalue weighted by Gasteiger charge is -2.48. The van der Waals surface area contributed by atoms with Crippen molar-refractivity contribution in [3.05, 3.63) is 0 Å². The van der Waals surface area contributed by atoms with Crippen LogP contribution in [-0.4, -0.2) is 50.8 Å². The van der Waals surface area contributed by atoms with Gasteiger partial charge >= 0.3 is 0 Å². The van der Waals surface area contributed by atoms with Gasteiger partial charge in [0.2, 0.25) is 0 Å². The van der Waals surface area contributed by atoms with Gasteiger partial charge in [0.05, 0.1) is 17.8 Å². The van der Waals surface area contributed by atoms with Crippen LogP contribution >= 0.6 is 0 Å². The summed E-state index contributed by atoms with van der Waals surface area (Å²) in [7, 11) is 0. The first-order chi connectivity index (χ1) is 12.3. The SMILES string of the molecule is C1CCC(CC2(CC3CCOC3)OCCCC2CC2CCCO2)OC1. The van der Waals surface area contributed by atoms with Gasteiger partial charge in [-0.05, 0) is 76.0 Å². The Morgan fingerprint density at radius 3 is 2.32 bits per heavy atom. The van der Waals surface area contributed by atoms with Crippen LogP contribution < -0.4 is 0 Å². The summed E-state index contributed by atoms with van der Waals surface area (Å²) >= 11 is 0. The highest BCUT2D eigenvalue weighted by Crippen LogP contribution is 2.45. The van der Waals surface area contributed by atoms with Crippen molar-refractivity contribution in [2.45, 2.75) is 88.4 Å². The van der Waals surface area contributed by atoms with Crippen molar-refractivity contribution in [2.75, 3.05) is 33.0 Å². The summed E-state index contributed by atoms with van der Waals surface area (Å²) < 4.78 is 24.5. The van der Waals surface area contributed by atoms with E-state index in [4.69, 9.17) is 18.9 Å². The normalized spacial score (nSPS) is 42.7. The van der Waals surface area contributed by atoms with Gasteiger partial charge in [0, 0.05) is 39.5 Å². The maximum absolute atomic E-state index is 6.66. The fourth-order valence-corrected chi connectivity index (χ4v) is 5.59. The fourth-order valence-electron chi connectivity index (χ4n) is 5.59. The van der Waals surface area contributed by atoms with E-state index in [1.165, 1.54) is 57.8 Å². The molecule has 0 N–H and O–H groups in total. The van der Waals surface area contributed by atoms with Crippen LogP contribution in [0, 0.1) is 11.8 Å². The van der Waals surface area contributed by atoms with Crippen LogP contribution in [-0.2, 0) is 18.9 Å². The van der Waals surface area contributed by atoms with E-state index >= 15 is 0 Å². The molecular weight excluding hydrogens is 316 g/mol. The summed E-state index contributed by atoms with van der Waals surface area (Å²) in [6, 6.07) is 0. The Morgan fingerprint density at radius 1 is 0.720 bits per heavy atom. The third-order valence-electron chi connectivity index (χ3n) is 6.91. The van der Waals surface area contributed by atoms with Gasteiger partial charge in [-0.3, -0.25) is 0 Å². The molecule has 4 fully saturated rings. The molecule has 5 atom stereocenters. The predicted octanol–water partition coefficient (Wildman–Crippen LogP) is 4.11. The molecule has 0 saturated carbocycles. The van der Waals surface area contributed by atoms with Gasteiger partial charge < -0.3 is 18.9 Å². The van der Waals surface area contributed by atoms with Gasteiger partial charge in [0.1, 0.15) is 0 Å². The third-order valence-corrected chi connectivity index (χ3v) is 6.91. The first kappa shape index (κ1) is 18.2. The summed E-state index contributed by atoms with van der Waals surface area (Å²) in [5.41, 5.74) is -0.00935. The Hall–Kier alpha value is -0.160. The molecule has 4 heterocycles. The largest absolute Gasteiger partial charge is 0.381 e. The standard InChI is InChI=1S/C21H36O4/c1-2-9-24-20(6-1)15-21(14-17-8-12-22-16-17)18(5-3-11-25-21)13-19-7-4-10-23-19/h17-20H,1-16H2. The molecule has 0 spiro atoms. The van der Waals surface area contributed by atoms with Crippen molar-refractivity contribution in [2.24, 2.45) is 11.8 Å². The van der Waals surface area contributed by atoms with Gasteiger partial charge in [-0.25, -0.2) is 0 Å². The zero-order valence-electron chi connectivity index (χ0n) is 15.8. The molecule has 0 bridgehead atoms. The Balaban J connectivity index is 1.49. The molecule has 4 heteroatoms. The molecule has 0 aromatic carbocycles. The lowest BCUT2D eigenvalue weighted by molar-refractivity contribution is -0.167. The van der Waals surface area contributed by atoms with Crippen LogP contribution in [0.25, 0.3) is 0 Å². The highest BCUT2D eigenvalue weighted by molar-refractivity contribution is 4.97. The highest BCUT2D eigenvalue weighted by atomic mass is 16.5. The minimum atomic E-state index is -0.00935. The van der Waals surface area contributed by atoms with E-state index in [2.05, 4.69) is 0 Å². The number of ether oxygens (including phenoxy) is 4. The Bertz CT molecular complexity index is 397. The van der Waals surface area contributed by atoms with E-state index < -0.39 is 0 Å². The summed E-state index contributed by atoms with van der Waals surface area (Å²) in [5, 5.41) is 0. The molecule has 0 radical (unpaired) electrons. The number of rotatable bonds is 6. The monoisotopic (exact) mass is 352 g/mol. The van der Waals surface area contributed by atoms with E-state index in [9.17, 15) is 0 Å². The van der Waals surface area contributed by atoms with E-state index in [1.807, 2.05) is 0 Å². The van der Waals surface area contributed by atoms with Gasteiger partial charge in [0.25, 0.3) is 0 Å². The third kappa shape index (κ3) is 4.58. The zero-order chi connectivity index (χ0) is 17.0. The zero-order valence-corrected chi connectivity index (χ0v) is 15.8. The second-order valence-corrected chi connectivity index (χ2v) is 8.75. The topological polar surface area (TPSA) is 36.9 Å². The fraction of sp³-hybridized carbons (Fsp3) is 1.00. The Morgan fingerprint density at radius 2 is 1.56 bits per heavy atom. The first-order valence-corrected chi connectivity index (χ1v) is 10.8. The molecule has 4 rings (SSSR count). The van der Waals surface area contributed by atoms with Gasteiger partial charge in [0.15, 0.2) is 0 Å². The molecule has 0 aromatic rings. The van der Waals surface area contributed by atoms with Crippen molar-refractivity contribution in [1.82, 2.24) is 0 Å². The van der Waals surface area contributed by atoms with Crippen LogP contribution in [0.15, 0.2) is 0 Å². The van der Waals surface area contributed by atoms with E-state index in [0.717, 1.165) is 45.9 Å². The first-order valence-electron chi connectivity index (χ1n) is 10.8. The molecule has 0 aliphatic carbocycles. The Kier molecular flexibility index (Phi) is 6.33. The van der Waals surface area contributed by atoms with Gasteiger partial charge in [-0.15, -0.1) is 0 Å². The molecule has 144 valence electrons. The maximum Gasteiger partial charge on any atom is 0.0739 e. The molecule has 4 saturated heterocycles. The van der Waals surface area contributed by atoms with Crippen LogP contribution in [0.5, 0.6) is 0 Å². The Labute approximate surface area is 152 Å². The second kappa shape index (κ2) is 8.69. The minimum Gasteiger partial charge on any atom is -0.381 e. The van der Waals surface area contributed by atoms with Crippen molar-refractivity contribution in [3.63, 3.8) is 0 Å². The summed E-state index contributed by atoms with van der Waals surface area (Å²) in [6.45, 7) is 4.65. The van der Waals surface area contributed by atoms with Gasteiger partial charge in [-0.2, -0.15) is 0 Å². The molecular formula is C21H36O4. The molecule has 0 aromatic heterocycles. The quantitative estimate of drug-likeness (QED) is 0.721. The summed E-state index contributed by atoms with van der Waals surface area (Å²) in [6.07, 6.45) is 14.2. The molecule has 0 amide bonds. The van der Waals surface area contributed by atoms with E-state index in [0.29, 0.717) is 24.0 Å². The summed E-state index contributed by atoms with van der Waals surface area (Å²) in [5.74, 6) is 1.28.